The minimum atomic E-state index is -3.46. The van der Waals surface area contributed by atoms with E-state index in [1.54, 1.807) is 11.0 Å². The summed E-state index contributed by atoms with van der Waals surface area (Å²) >= 11 is 1.50. The molecule has 0 unspecified atom stereocenters. The van der Waals surface area contributed by atoms with Crippen LogP contribution in [0.3, 0.4) is 0 Å². The number of nitrogens with zero attached hydrogens (tertiary/aromatic N) is 2. The second-order valence-corrected chi connectivity index (χ2v) is 10.1. The molecular formula is C16H26N2O3S2. The molecule has 1 aromatic rings. The molecule has 5 nitrogen and oxygen atoms in total. The fourth-order valence-electron chi connectivity index (χ4n) is 2.71. The third-order valence-electron chi connectivity index (χ3n) is 4.60. The predicted octanol–water partition coefficient (Wildman–Crippen LogP) is 2.63. The molecule has 0 aromatic carbocycles. The zero-order valence-corrected chi connectivity index (χ0v) is 16.2. The molecule has 0 aliphatic carbocycles. The van der Waals surface area contributed by atoms with Crippen LogP contribution in [0.4, 0.5) is 0 Å². The number of amides is 1. The number of hydrogen-bond donors (Lipinski definition) is 0. The Bertz CT molecular complexity index is 684. The van der Waals surface area contributed by atoms with Crippen molar-refractivity contribution in [3.8, 4) is 0 Å². The van der Waals surface area contributed by atoms with Gasteiger partial charge in [0.15, 0.2) is 0 Å². The molecule has 0 spiro atoms. The first-order valence-electron chi connectivity index (χ1n) is 7.96. The Kier molecular flexibility index (Phi) is 5.23. The fourth-order valence-corrected chi connectivity index (χ4v) is 5.66. The molecule has 0 bridgehead atoms. The molecule has 0 saturated carbocycles. The summed E-state index contributed by atoms with van der Waals surface area (Å²) in [4.78, 5) is 16.5. The summed E-state index contributed by atoms with van der Waals surface area (Å²) in [6, 6.07) is 1.74. The van der Waals surface area contributed by atoms with Gasteiger partial charge in [0.25, 0.3) is 0 Å². The van der Waals surface area contributed by atoms with Crippen LogP contribution in [0.2, 0.25) is 0 Å². The zero-order valence-electron chi connectivity index (χ0n) is 14.5. The van der Waals surface area contributed by atoms with Crippen LogP contribution >= 0.6 is 11.3 Å². The van der Waals surface area contributed by atoms with Gasteiger partial charge in [-0.15, -0.1) is 11.3 Å². The minimum Gasteiger partial charge on any atom is -0.340 e. The van der Waals surface area contributed by atoms with Crippen molar-refractivity contribution in [1.29, 1.82) is 0 Å². The third kappa shape index (κ3) is 3.61. The van der Waals surface area contributed by atoms with Gasteiger partial charge < -0.3 is 4.90 Å². The molecule has 2 rings (SSSR count). The maximum absolute atomic E-state index is 12.8. The first-order chi connectivity index (χ1) is 10.6. The van der Waals surface area contributed by atoms with Gasteiger partial charge >= 0.3 is 0 Å². The number of hydrogen-bond acceptors (Lipinski definition) is 4. The van der Waals surface area contributed by atoms with Gasteiger partial charge in [0.1, 0.15) is 0 Å². The topological polar surface area (TPSA) is 57.7 Å². The van der Waals surface area contributed by atoms with Crippen molar-refractivity contribution in [3.63, 3.8) is 0 Å². The van der Waals surface area contributed by atoms with Gasteiger partial charge in [-0.3, -0.25) is 4.79 Å². The molecule has 1 amide bonds. The van der Waals surface area contributed by atoms with Gasteiger partial charge in [0.2, 0.25) is 15.9 Å². The normalized spacial score (nSPS) is 17.5. The standard InChI is InChI=1S/C16H26N2O3S2/c1-6-16(4,5)15(19)17-7-9-18(10-8-17)23(20,21)14-11-12(2)22-13(14)3/h11H,6-10H2,1-5H3. The Morgan fingerprint density at radius 1 is 1.22 bits per heavy atom. The van der Waals surface area contributed by atoms with E-state index in [0.29, 0.717) is 31.1 Å². The highest BCUT2D eigenvalue weighted by atomic mass is 32.2. The van der Waals surface area contributed by atoms with E-state index in [9.17, 15) is 13.2 Å². The summed E-state index contributed by atoms with van der Waals surface area (Å²) in [6.07, 6.45) is 0.776. The van der Waals surface area contributed by atoms with Crippen LogP contribution in [0.25, 0.3) is 0 Å². The number of aryl methyl sites for hydroxylation is 2. The molecule has 2 heterocycles. The Morgan fingerprint density at radius 2 is 1.78 bits per heavy atom. The molecule has 0 atom stereocenters. The minimum absolute atomic E-state index is 0.111. The molecule has 1 aliphatic rings. The largest absolute Gasteiger partial charge is 0.340 e. The third-order valence-corrected chi connectivity index (χ3v) is 7.72. The van der Waals surface area contributed by atoms with Crippen LogP contribution in [0.15, 0.2) is 11.0 Å². The van der Waals surface area contributed by atoms with E-state index in [1.807, 2.05) is 34.6 Å². The molecule has 1 saturated heterocycles. The molecular weight excluding hydrogens is 332 g/mol. The molecule has 1 aromatic heterocycles. The summed E-state index contributed by atoms with van der Waals surface area (Å²) in [5.41, 5.74) is -0.387. The summed E-state index contributed by atoms with van der Waals surface area (Å²) < 4.78 is 27.1. The lowest BCUT2D eigenvalue weighted by Crippen LogP contribution is -2.53. The Hall–Kier alpha value is -0.920. The number of carbonyl (C=O) groups excluding carboxylic acids is 1. The van der Waals surface area contributed by atoms with E-state index in [-0.39, 0.29) is 11.3 Å². The Balaban J connectivity index is 2.10. The number of thiophene rings is 1. The van der Waals surface area contributed by atoms with E-state index in [0.717, 1.165) is 16.2 Å². The monoisotopic (exact) mass is 358 g/mol. The molecule has 23 heavy (non-hydrogen) atoms. The average molecular weight is 359 g/mol. The SMILES string of the molecule is CCC(C)(C)C(=O)N1CCN(S(=O)(=O)c2cc(C)sc2C)CC1. The Morgan fingerprint density at radius 3 is 2.22 bits per heavy atom. The second kappa shape index (κ2) is 6.53. The van der Waals surface area contributed by atoms with Crippen molar-refractivity contribution < 1.29 is 13.2 Å². The van der Waals surface area contributed by atoms with E-state index < -0.39 is 10.0 Å². The van der Waals surface area contributed by atoms with E-state index in [2.05, 4.69) is 0 Å². The van der Waals surface area contributed by atoms with Gasteiger partial charge in [-0.25, -0.2) is 8.42 Å². The van der Waals surface area contributed by atoms with Crippen molar-refractivity contribution in [3.05, 3.63) is 15.8 Å². The van der Waals surface area contributed by atoms with Gasteiger partial charge in [-0.05, 0) is 26.3 Å². The summed E-state index contributed by atoms with van der Waals surface area (Å²) in [7, 11) is -3.46. The second-order valence-electron chi connectivity index (χ2n) is 6.71. The zero-order chi connectivity index (χ0) is 17.4. The fraction of sp³-hybridized carbons (Fsp3) is 0.688. The lowest BCUT2D eigenvalue weighted by molar-refractivity contribution is -0.141. The molecule has 1 fully saturated rings. The van der Waals surface area contributed by atoms with Gasteiger partial charge in [-0.2, -0.15) is 4.31 Å². The molecule has 1 aliphatic heterocycles. The smallest absolute Gasteiger partial charge is 0.244 e. The quantitative estimate of drug-likeness (QED) is 0.831. The van der Waals surface area contributed by atoms with Crippen molar-refractivity contribution >= 4 is 27.3 Å². The highest BCUT2D eigenvalue weighted by molar-refractivity contribution is 7.89. The maximum Gasteiger partial charge on any atom is 0.244 e. The van der Waals surface area contributed by atoms with Gasteiger partial charge in [0.05, 0.1) is 4.90 Å². The van der Waals surface area contributed by atoms with E-state index >= 15 is 0 Å². The van der Waals surface area contributed by atoms with Crippen molar-refractivity contribution in [2.24, 2.45) is 5.41 Å². The predicted molar refractivity (Wildman–Crippen MR) is 93.2 cm³/mol. The number of rotatable bonds is 4. The average Bonchev–Trinajstić information content (AvgIpc) is 2.86. The van der Waals surface area contributed by atoms with Crippen molar-refractivity contribution in [2.75, 3.05) is 26.2 Å². The van der Waals surface area contributed by atoms with Crippen LogP contribution < -0.4 is 0 Å². The van der Waals surface area contributed by atoms with Gasteiger partial charge in [-0.1, -0.05) is 20.8 Å². The van der Waals surface area contributed by atoms with Crippen molar-refractivity contribution in [2.45, 2.75) is 45.9 Å². The van der Waals surface area contributed by atoms with Crippen LogP contribution in [-0.2, 0) is 14.8 Å². The first-order valence-corrected chi connectivity index (χ1v) is 10.2. The molecule has 130 valence electrons. The number of carbonyl (C=O) groups is 1. The molecule has 0 radical (unpaired) electrons. The van der Waals surface area contributed by atoms with Crippen molar-refractivity contribution in [1.82, 2.24) is 9.21 Å². The summed E-state index contributed by atoms with van der Waals surface area (Å²) in [6.45, 7) is 11.3. The van der Waals surface area contributed by atoms with Crippen LogP contribution in [0.1, 0.15) is 36.9 Å². The first kappa shape index (κ1) is 18.4. The maximum atomic E-state index is 12.8. The lowest BCUT2D eigenvalue weighted by atomic mass is 9.88. The van der Waals surface area contributed by atoms with Crippen LogP contribution in [0.5, 0.6) is 0 Å². The molecule has 7 heteroatoms. The summed E-state index contributed by atoms with van der Waals surface area (Å²) in [5, 5.41) is 0. The molecule has 0 N–H and O–H groups in total. The van der Waals surface area contributed by atoms with Crippen LogP contribution in [-0.4, -0.2) is 49.7 Å². The number of piperazine rings is 1. The van der Waals surface area contributed by atoms with E-state index in [4.69, 9.17) is 0 Å². The Labute approximate surface area is 143 Å². The van der Waals surface area contributed by atoms with Gasteiger partial charge in [0, 0.05) is 41.3 Å². The van der Waals surface area contributed by atoms with E-state index in [1.165, 1.54) is 15.6 Å². The number of sulfonamides is 1. The summed E-state index contributed by atoms with van der Waals surface area (Å²) in [5.74, 6) is 0.111. The lowest BCUT2D eigenvalue weighted by Gasteiger charge is -2.37. The highest BCUT2D eigenvalue weighted by Gasteiger charge is 2.35. The van der Waals surface area contributed by atoms with Crippen LogP contribution in [0, 0.1) is 19.3 Å². The highest BCUT2D eigenvalue weighted by Crippen LogP contribution is 2.29.